The Labute approximate surface area is 561 Å². The molecule has 0 unspecified atom stereocenters. The third-order valence-corrected chi connectivity index (χ3v) is 18.9. The zero-order chi connectivity index (χ0) is 63.8. The number of rotatable bonds is 15. The third kappa shape index (κ3) is 10.1. The van der Waals surface area contributed by atoms with E-state index in [4.69, 9.17) is 0 Å². The largest absolute Gasteiger partial charge is 0.311 e. The first-order chi connectivity index (χ1) is 47.6. The highest BCUT2D eigenvalue weighted by atomic mass is 15.2. The highest BCUT2D eigenvalue weighted by Gasteiger charge is 2.52. The summed E-state index contributed by atoms with van der Waals surface area (Å²) in [5.41, 5.74) is 27.1. The lowest BCUT2D eigenvalue weighted by molar-refractivity contribution is 0.752. The number of anilines is 15. The van der Waals surface area contributed by atoms with Crippen molar-refractivity contribution < 1.29 is 0 Å². The molecule has 15 aromatic carbocycles. The Morgan fingerprint density at radius 2 is 0.427 bits per heavy atom. The minimum absolute atomic E-state index is 0.824. The van der Waals surface area contributed by atoms with Gasteiger partial charge < -0.3 is 24.5 Å². The minimum Gasteiger partial charge on any atom is -0.311 e. The van der Waals surface area contributed by atoms with Gasteiger partial charge in [-0.25, -0.2) is 0 Å². The summed E-state index contributed by atoms with van der Waals surface area (Å²) in [6, 6.07) is 144. The molecule has 0 aromatic heterocycles. The molecule has 0 amide bonds. The number of fused-ring (bicyclic) bond motifs is 9. The van der Waals surface area contributed by atoms with Gasteiger partial charge in [0.25, 0.3) is 0 Å². The molecule has 17 rings (SSSR count). The van der Waals surface area contributed by atoms with Crippen molar-refractivity contribution >= 4 is 85.3 Å². The van der Waals surface area contributed by atoms with Crippen molar-refractivity contribution in [2.75, 3.05) is 24.5 Å². The van der Waals surface area contributed by atoms with Crippen LogP contribution in [0, 0.1) is 0 Å². The summed E-state index contributed by atoms with van der Waals surface area (Å²) in [5.74, 6) is 0. The van der Waals surface area contributed by atoms with E-state index in [0.29, 0.717) is 0 Å². The molecular weight excluding hydrogens is 1160 g/mol. The maximum atomic E-state index is 2.51. The van der Waals surface area contributed by atoms with E-state index < -0.39 is 5.41 Å². The molecule has 0 fully saturated rings. The summed E-state index contributed by atoms with van der Waals surface area (Å²) in [7, 11) is 0. The van der Waals surface area contributed by atoms with Gasteiger partial charge in [-0.15, -0.1) is 0 Å². The smallest absolute Gasteiger partial charge is 0.0755 e. The molecule has 1 heterocycles. The van der Waals surface area contributed by atoms with Crippen molar-refractivity contribution in [2.45, 2.75) is 5.41 Å². The van der Waals surface area contributed by atoms with Crippen LogP contribution < -0.4 is 24.5 Å². The maximum Gasteiger partial charge on any atom is 0.0755 e. The Bertz CT molecular complexity index is 4830. The predicted octanol–water partition coefficient (Wildman–Crippen LogP) is 25.0. The lowest BCUT2D eigenvalue weighted by Gasteiger charge is -2.45. The lowest BCUT2D eigenvalue weighted by atomic mass is 9.64. The molecule has 1 aliphatic heterocycles. The summed E-state index contributed by atoms with van der Waals surface area (Å²) in [5, 5.41) is 0. The van der Waals surface area contributed by atoms with Crippen molar-refractivity contribution in [3.8, 4) is 33.4 Å². The fourth-order valence-electron chi connectivity index (χ4n) is 14.8. The van der Waals surface area contributed by atoms with Crippen LogP contribution in [-0.2, 0) is 5.41 Å². The Balaban J connectivity index is 0.885. The minimum atomic E-state index is -0.824. The van der Waals surface area contributed by atoms with Crippen molar-refractivity contribution in [3.05, 3.63) is 417 Å². The molecule has 5 nitrogen and oxygen atoms in total. The van der Waals surface area contributed by atoms with Crippen molar-refractivity contribution in [1.82, 2.24) is 0 Å². The van der Waals surface area contributed by atoms with Gasteiger partial charge in [0.2, 0.25) is 0 Å². The predicted molar refractivity (Wildman–Crippen MR) is 402 cm³/mol. The van der Waals surface area contributed by atoms with Crippen LogP contribution in [0.15, 0.2) is 394 Å². The molecule has 0 N–H and O–H groups in total. The number of nitrogens with zero attached hydrogens (tertiary/aromatic N) is 5. The van der Waals surface area contributed by atoms with E-state index in [0.717, 1.165) is 108 Å². The maximum absolute atomic E-state index is 2.51. The zero-order valence-corrected chi connectivity index (χ0v) is 52.8. The SMILES string of the molecule is c1ccc(-c2cccc(N(c3ccc(N(c4ccccc4)c4ccccc4)cc3)c3ccc4c(c3)C3(c5cc(N(c6ccc(N(c7ccccc7)c7ccccc7)cc6)c6cccc(-c7ccccc7)c6)ccc5-4)c4ccccc4N(c4ccccc4)c4ccccc43)c2)cc1. The average Bonchev–Trinajstić information content (AvgIpc) is 1.44. The molecule has 96 heavy (non-hydrogen) atoms. The molecule has 0 atom stereocenters. The normalized spacial score (nSPS) is 12.2. The summed E-state index contributed by atoms with van der Waals surface area (Å²) in [6.45, 7) is 0. The molecule has 0 saturated heterocycles. The number of para-hydroxylation sites is 7. The average molecular weight is 1230 g/mol. The van der Waals surface area contributed by atoms with Crippen molar-refractivity contribution in [2.24, 2.45) is 0 Å². The van der Waals surface area contributed by atoms with Gasteiger partial charge in [0.1, 0.15) is 0 Å². The zero-order valence-electron chi connectivity index (χ0n) is 52.8. The Morgan fingerprint density at radius 3 is 0.781 bits per heavy atom. The van der Waals surface area contributed by atoms with E-state index in [2.05, 4.69) is 419 Å². The monoisotopic (exact) mass is 1230 g/mol. The molecule has 454 valence electrons. The lowest BCUT2D eigenvalue weighted by Crippen LogP contribution is -2.36. The van der Waals surface area contributed by atoms with E-state index >= 15 is 0 Å². The Hall–Kier alpha value is -12.7. The van der Waals surface area contributed by atoms with Crippen LogP contribution in [0.25, 0.3) is 33.4 Å². The summed E-state index contributed by atoms with van der Waals surface area (Å²) < 4.78 is 0. The van der Waals surface area contributed by atoms with E-state index in [1.807, 2.05) is 0 Å². The molecular formula is C91H65N5. The van der Waals surface area contributed by atoms with Gasteiger partial charge in [-0.05, 0) is 225 Å². The van der Waals surface area contributed by atoms with Crippen LogP contribution in [0.3, 0.4) is 0 Å². The van der Waals surface area contributed by atoms with Crippen LogP contribution in [-0.4, -0.2) is 0 Å². The van der Waals surface area contributed by atoms with E-state index in [-0.39, 0.29) is 0 Å². The standard InChI is InChI=1S/C91H65N5/c1-8-28-66(29-9-1)68-32-26-44-79(62-68)94(77-54-50-75(51-55-77)92(70-34-12-3-13-35-70)71-36-14-4-15-37-71)81-58-60-83-84-61-59-82(65-88(84)91(87(83)64-81)85-46-22-24-48-89(85)96(74-42-20-7-21-43-74)90-49-25-23-47-86(90)91)95(80-45-27-33-69(63-80)67-30-10-2-11-31-67)78-56-52-76(53-57-78)93(72-38-16-5-17-39-72)73-40-18-6-19-41-73/h1-65H. The van der Waals surface area contributed by atoms with Crippen LogP contribution >= 0.6 is 0 Å². The third-order valence-electron chi connectivity index (χ3n) is 18.9. The topological polar surface area (TPSA) is 16.2 Å². The fraction of sp³-hybridized carbons (Fsp3) is 0.0110. The quantitative estimate of drug-likeness (QED) is 0.101. The fourth-order valence-corrected chi connectivity index (χ4v) is 14.8. The molecule has 0 saturated carbocycles. The van der Waals surface area contributed by atoms with Gasteiger partial charge in [-0.2, -0.15) is 0 Å². The molecule has 0 bridgehead atoms. The van der Waals surface area contributed by atoms with E-state index in [1.54, 1.807) is 0 Å². The van der Waals surface area contributed by atoms with Crippen LogP contribution in [0.4, 0.5) is 85.3 Å². The van der Waals surface area contributed by atoms with Crippen LogP contribution in [0.2, 0.25) is 0 Å². The van der Waals surface area contributed by atoms with Gasteiger partial charge in [-0.3, -0.25) is 0 Å². The summed E-state index contributed by atoms with van der Waals surface area (Å²) in [4.78, 5) is 12.0. The molecule has 15 aromatic rings. The first kappa shape index (κ1) is 57.2. The van der Waals surface area contributed by atoms with Crippen molar-refractivity contribution in [3.63, 3.8) is 0 Å². The van der Waals surface area contributed by atoms with Gasteiger partial charge in [0, 0.05) is 73.9 Å². The van der Waals surface area contributed by atoms with Gasteiger partial charge in [0.05, 0.1) is 16.8 Å². The van der Waals surface area contributed by atoms with E-state index in [1.165, 1.54) is 33.4 Å². The number of hydrogen-bond donors (Lipinski definition) is 0. The summed E-state index contributed by atoms with van der Waals surface area (Å²) >= 11 is 0. The highest BCUT2D eigenvalue weighted by molar-refractivity contribution is 5.99. The first-order valence-electron chi connectivity index (χ1n) is 32.9. The van der Waals surface area contributed by atoms with Gasteiger partial charge in [-0.1, -0.05) is 224 Å². The highest BCUT2D eigenvalue weighted by Crippen LogP contribution is 2.65. The number of hydrogen-bond acceptors (Lipinski definition) is 5. The Morgan fingerprint density at radius 1 is 0.177 bits per heavy atom. The van der Waals surface area contributed by atoms with Crippen LogP contribution in [0.1, 0.15) is 22.3 Å². The van der Waals surface area contributed by atoms with Crippen LogP contribution in [0.5, 0.6) is 0 Å². The molecule has 5 heteroatoms. The van der Waals surface area contributed by atoms with Gasteiger partial charge in [0.15, 0.2) is 0 Å². The summed E-state index contributed by atoms with van der Waals surface area (Å²) in [6.07, 6.45) is 0. The first-order valence-corrected chi connectivity index (χ1v) is 32.9. The van der Waals surface area contributed by atoms with Gasteiger partial charge >= 0.3 is 0 Å². The molecule has 0 radical (unpaired) electrons. The number of benzene rings is 15. The second-order valence-electron chi connectivity index (χ2n) is 24.5. The molecule has 2 aliphatic rings. The molecule has 1 spiro atoms. The Kier molecular flexibility index (Phi) is 14.7. The molecule has 1 aliphatic carbocycles. The second kappa shape index (κ2) is 24.7. The van der Waals surface area contributed by atoms with Crippen molar-refractivity contribution in [1.29, 1.82) is 0 Å². The second-order valence-corrected chi connectivity index (χ2v) is 24.5. The van der Waals surface area contributed by atoms with E-state index in [9.17, 15) is 0 Å².